The summed E-state index contributed by atoms with van der Waals surface area (Å²) in [5.74, 6) is 0. The molecule has 0 amide bonds. The second kappa shape index (κ2) is 5.45. The van der Waals surface area contributed by atoms with Gasteiger partial charge in [0.05, 0.1) is 6.61 Å². The van der Waals surface area contributed by atoms with E-state index in [0.29, 0.717) is 6.61 Å². The Balaban J connectivity index is 3.37. The highest BCUT2D eigenvalue weighted by Crippen LogP contribution is 2.04. The molecule has 0 spiro atoms. The Morgan fingerprint density at radius 1 is 1.70 bits per heavy atom. The summed E-state index contributed by atoms with van der Waals surface area (Å²) in [7, 11) is 1.66. The molecule has 1 atom stereocenters. The molecule has 0 aliphatic heterocycles. The van der Waals surface area contributed by atoms with Gasteiger partial charge in [0.1, 0.15) is 0 Å². The molecule has 0 aromatic heterocycles. The summed E-state index contributed by atoms with van der Waals surface area (Å²) in [6.07, 6.45) is 1.89. The van der Waals surface area contributed by atoms with E-state index in [1.54, 1.807) is 7.11 Å². The van der Waals surface area contributed by atoms with Crippen LogP contribution in [0, 0.1) is 0 Å². The van der Waals surface area contributed by atoms with E-state index >= 15 is 0 Å². The minimum atomic E-state index is 0.123. The smallest absolute Gasteiger partial charge is 0.0616 e. The van der Waals surface area contributed by atoms with Gasteiger partial charge in [0.15, 0.2) is 0 Å². The van der Waals surface area contributed by atoms with Gasteiger partial charge in [-0.1, -0.05) is 19.1 Å². The first-order valence-electron chi connectivity index (χ1n) is 3.61. The number of nitrogens with two attached hydrogens (primary N) is 1. The summed E-state index contributed by atoms with van der Waals surface area (Å²) in [6, 6.07) is 0.123. The Morgan fingerprint density at radius 2 is 2.30 bits per heavy atom. The normalized spacial score (nSPS) is 13.1. The first-order chi connectivity index (χ1) is 4.70. The topological polar surface area (TPSA) is 35.2 Å². The number of ether oxygens (including phenoxy) is 1. The van der Waals surface area contributed by atoms with E-state index < -0.39 is 0 Å². The van der Waals surface area contributed by atoms with Crippen LogP contribution >= 0.6 is 0 Å². The van der Waals surface area contributed by atoms with Gasteiger partial charge < -0.3 is 10.5 Å². The van der Waals surface area contributed by atoms with Crippen LogP contribution in [0.2, 0.25) is 0 Å². The molecule has 10 heavy (non-hydrogen) atoms. The molecule has 0 heterocycles. The Hall–Kier alpha value is -0.340. The summed E-state index contributed by atoms with van der Waals surface area (Å²) in [5.41, 5.74) is 6.87. The highest BCUT2D eigenvalue weighted by atomic mass is 16.5. The average molecular weight is 143 g/mol. The van der Waals surface area contributed by atoms with E-state index in [0.717, 1.165) is 12.8 Å². The van der Waals surface area contributed by atoms with Crippen LogP contribution in [-0.2, 0) is 4.74 Å². The van der Waals surface area contributed by atoms with Crippen LogP contribution in [0.25, 0.3) is 0 Å². The van der Waals surface area contributed by atoms with Crippen molar-refractivity contribution in [3.63, 3.8) is 0 Å². The van der Waals surface area contributed by atoms with E-state index in [-0.39, 0.29) is 6.04 Å². The van der Waals surface area contributed by atoms with Crippen molar-refractivity contribution in [2.45, 2.75) is 25.8 Å². The molecule has 0 radical (unpaired) electrons. The molecule has 0 aromatic carbocycles. The monoisotopic (exact) mass is 143 g/mol. The van der Waals surface area contributed by atoms with Gasteiger partial charge >= 0.3 is 0 Å². The maximum atomic E-state index is 5.67. The number of hydrogen-bond acceptors (Lipinski definition) is 2. The van der Waals surface area contributed by atoms with Crippen molar-refractivity contribution < 1.29 is 4.74 Å². The van der Waals surface area contributed by atoms with E-state index in [1.807, 2.05) is 0 Å². The maximum absolute atomic E-state index is 5.67. The third-order valence-corrected chi connectivity index (χ3v) is 1.43. The molecule has 0 saturated carbocycles. The van der Waals surface area contributed by atoms with Crippen molar-refractivity contribution in [2.75, 3.05) is 13.7 Å². The third kappa shape index (κ3) is 4.53. The average Bonchev–Trinajstić information content (AvgIpc) is 1.88. The Labute approximate surface area is 63.1 Å². The summed E-state index contributed by atoms with van der Waals surface area (Å²) in [4.78, 5) is 0. The van der Waals surface area contributed by atoms with Crippen LogP contribution < -0.4 is 5.73 Å². The van der Waals surface area contributed by atoms with Crippen LogP contribution in [0.1, 0.15) is 19.8 Å². The van der Waals surface area contributed by atoms with Gasteiger partial charge in [-0.3, -0.25) is 0 Å². The fraction of sp³-hybridized carbons (Fsp3) is 0.750. The van der Waals surface area contributed by atoms with Crippen molar-refractivity contribution in [3.8, 4) is 0 Å². The van der Waals surface area contributed by atoms with Crippen molar-refractivity contribution in [3.05, 3.63) is 12.2 Å². The Kier molecular flexibility index (Phi) is 5.26. The van der Waals surface area contributed by atoms with Crippen molar-refractivity contribution in [1.82, 2.24) is 0 Å². The van der Waals surface area contributed by atoms with Crippen LogP contribution in [0.3, 0.4) is 0 Å². The molecule has 2 heteroatoms. The lowest BCUT2D eigenvalue weighted by molar-refractivity contribution is 0.180. The second-order valence-electron chi connectivity index (χ2n) is 2.52. The molecule has 60 valence electrons. The maximum Gasteiger partial charge on any atom is 0.0616 e. The van der Waals surface area contributed by atoms with Gasteiger partial charge in [0, 0.05) is 13.2 Å². The SMILES string of the molecule is C=C(CC)CC(N)COC. The number of rotatable bonds is 5. The highest BCUT2D eigenvalue weighted by molar-refractivity contribution is 4.95. The van der Waals surface area contributed by atoms with Crippen LogP contribution in [0.15, 0.2) is 12.2 Å². The van der Waals surface area contributed by atoms with E-state index in [2.05, 4.69) is 13.5 Å². The predicted octanol–water partition coefficient (Wildman–Crippen LogP) is 1.32. The number of hydrogen-bond donors (Lipinski definition) is 1. The Bertz CT molecular complexity index is 101. The molecular formula is C8H17NO. The van der Waals surface area contributed by atoms with Crippen molar-refractivity contribution in [1.29, 1.82) is 0 Å². The van der Waals surface area contributed by atoms with Crippen LogP contribution in [-0.4, -0.2) is 19.8 Å². The molecule has 0 aliphatic rings. The number of methoxy groups -OCH3 is 1. The summed E-state index contributed by atoms with van der Waals surface area (Å²) in [6.45, 7) is 6.57. The fourth-order valence-corrected chi connectivity index (χ4v) is 0.788. The molecule has 0 fully saturated rings. The standard InChI is InChI=1S/C8H17NO/c1-4-7(2)5-8(9)6-10-3/h8H,2,4-6,9H2,1,3H3. The van der Waals surface area contributed by atoms with Crippen molar-refractivity contribution in [2.24, 2.45) is 5.73 Å². The lowest BCUT2D eigenvalue weighted by Crippen LogP contribution is -2.25. The molecule has 1 unspecified atom stereocenters. The van der Waals surface area contributed by atoms with Gasteiger partial charge in [-0.25, -0.2) is 0 Å². The highest BCUT2D eigenvalue weighted by Gasteiger charge is 2.01. The lowest BCUT2D eigenvalue weighted by atomic mass is 10.1. The van der Waals surface area contributed by atoms with Gasteiger partial charge in [-0.05, 0) is 12.8 Å². The predicted molar refractivity (Wildman–Crippen MR) is 43.9 cm³/mol. The molecule has 0 aliphatic carbocycles. The van der Waals surface area contributed by atoms with E-state index in [4.69, 9.17) is 10.5 Å². The quantitative estimate of drug-likeness (QED) is 0.589. The fourth-order valence-electron chi connectivity index (χ4n) is 0.788. The molecular weight excluding hydrogens is 126 g/mol. The van der Waals surface area contributed by atoms with Crippen LogP contribution in [0.5, 0.6) is 0 Å². The third-order valence-electron chi connectivity index (χ3n) is 1.43. The molecule has 2 N–H and O–H groups in total. The zero-order valence-corrected chi connectivity index (χ0v) is 6.89. The van der Waals surface area contributed by atoms with Gasteiger partial charge in [-0.2, -0.15) is 0 Å². The summed E-state index contributed by atoms with van der Waals surface area (Å²) in [5, 5.41) is 0. The molecule has 2 nitrogen and oxygen atoms in total. The first-order valence-corrected chi connectivity index (χ1v) is 3.61. The minimum absolute atomic E-state index is 0.123. The molecule has 0 saturated heterocycles. The van der Waals surface area contributed by atoms with E-state index in [1.165, 1.54) is 5.57 Å². The zero-order valence-electron chi connectivity index (χ0n) is 6.89. The van der Waals surface area contributed by atoms with Gasteiger partial charge in [0.25, 0.3) is 0 Å². The second-order valence-corrected chi connectivity index (χ2v) is 2.52. The van der Waals surface area contributed by atoms with Crippen molar-refractivity contribution >= 4 is 0 Å². The Morgan fingerprint density at radius 3 is 2.70 bits per heavy atom. The zero-order chi connectivity index (χ0) is 7.98. The first kappa shape index (κ1) is 9.66. The molecule has 0 bridgehead atoms. The lowest BCUT2D eigenvalue weighted by Gasteiger charge is -2.10. The summed E-state index contributed by atoms with van der Waals surface area (Å²) < 4.78 is 4.88. The van der Waals surface area contributed by atoms with Gasteiger partial charge in [-0.15, -0.1) is 0 Å². The largest absolute Gasteiger partial charge is 0.383 e. The van der Waals surface area contributed by atoms with Gasteiger partial charge in [0.2, 0.25) is 0 Å². The minimum Gasteiger partial charge on any atom is -0.383 e. The molecule has 0 rings (SSSR count). The molecule has 0 aromatic rings. The van der Waals surface area contributed by atoms with Crippen LogP contribution in [0.4, 0.5) is 0 Å². The summed E-state index contributed by atoms with van der Waals surface area (Å²) >= 11 is 0. The van der Waals surface area contributed by atoms with E-state index in [9.17, 15) is 0 Å².